The van der Waals surface area contributed by atoms with Crippen molar-refractivity contribution in [1.29, 1.82) is 0 Å². The van der Waals surface area contributed by atoms with Crippen LogP contribution in [0.3, 0.4) is 0 Å². The van der Waals surface area contributed by atoms with Gasteiger partial charge in [-0.05, 0) is 43.3 Å². The second kappa shape index (κ2) is 4.79. The minimum atomic E-state index is 0.590. The van der Waals surface area contributed by atoms with Crippen molar-refractivity contribution in [2.45, 2.75) is 39.2 Å². The van der Waals surface area contributed by atoms with Gasteiger partial charge in [0.15, 0.2) is 0 Å². The summed E-state index contributed by atoms with van der Waals surface area (Å²) in [6.07, 6.45) is 6.78. The lowest BCUT2D eigenvalue weighted by Crippen LogP contribution is -2.29. The summed E-state index contributed by atoms with van der Waals surface area (Å²) in [5, 5.41) is 7.82. The molecule has 0 aliphatic carbocycles. The highest BCUT2D eigenvalue weighted by Crippen LogP contribution is 2.16. The topological polar surface area (TPSA) is 29.9 Å². The fraction of sp³-hybridized carbons (Fsp3) is 0.750. The molecule has 1 fully saturated rings. The van der Waals surface area contributed by atoms with Gasteiger partial charge in [0.05, 0.1) is 6.20 Å². The van der Waals surface area contributed by atoms with E-state index in [1.54, 1.807) is 0 Å². The number of aromatic nitrogens is 2. The summed E-state index contributed by atoms with van der Waals surface area (Å²) < 4.78 is 2.12. The molecule has 0 radical (unpaired) electrons. The molecule has 2 rings (SSSR count). The van der Waals surface area contributed by atoms with Crippen LogP contribution in [0.5, 0.6) is 0 Å². The van der Waals surface area contributed by atoms with E-state index in [0.29, 0.717) is 5.92 Å². The number of nitrogens with one attached hydrogen (secondary N) is 1. The first kappa shape index (κ1) is 10.7. The SMILES string of the molecule is CC(C)c1cnn(CC2CCNCC2)c1. The van der Waals surface area contributed by atoms with Gasteiger partial charge in [0.1, 0.15) is 0 Å². The van der Waals surface area contributed by atoms with Crippen molar-refractivity contribution < 1.29 is 0 Å². The van der Waals surface area contributed by atoms with E-state index in [1.165, 1.54) is 31.5 Å². The molecule has 1 aromatic rings. The van der Waals surface area contributed by atoms with Crippen LogP contribution in [0.4, 0.5) is 0 Å². The minimum absolute atomic E-state index is 0.590. The predicted octanol–water partition coefficient (Wildman–Crippen LogP) is 2.01. The zero-order valence-corrected chi connectivity index (χ0v) is 9.74. The van der Waals surface area contributed by atoms with Gasteiger partial charge in [0.25, 0.3) is 0 Å². The fourth-order valence-electron chi connectivity index (χ4n) is 2.11. The molecule has 3 nitrogen and oxygen atoms in total. The van der Waals surface area contributed by atoms with Gasteiger partial charge in [0, 0.05) is 12.7 Å². The van der Waals surface area contributed by atoms with E-state index in [0.717, 1.165) is 12.5 Å². The molecule has 2 heterocycles. The van der Waals surface area contributed by atoms with Gasteiger partial charge in [-0.2, -0.15) is 5.10 Å². The molecule has 0 unspecified atom stereocenters. The van der Waals surface area contributed by atoms with Crippen LogP contribution >= 0.6 is 0 Å². The molecule has 0 amide bonds. The smallest absolute Gasteiger partial charge is 0.0524 e. The van der Waals surface area contributed by atoms with Gasteiger partial charge in [-0.3, -0.25) is 4.68 Å². The highest BCUT2D eigenvalue weighted by molar-refractivity contribution is 5.08. The van der Waals surface area contributed by atoms with Crippen molar-refractivity contribution in [1.82, 2.24) is 15.1 Å². The van der Waals surface area contributed by atoms with E-state index in [2.05, 4.69) is 35.1 Å². The molecule has 1 aliphatic rings. The maximum absolute atomic E-state index is 4.43. The maximum Gasteiger partial charge on any atom is 0.0524 e. The Morgan fingerprint density at radius 3 is 2.80 bits per heavy atom. The Kier molecular flexibility index (Phi) is 3.41. The Bertz CT molecular complexity index is 298. The molecule has 1 saturated heterocycles. The maximum atomic E-state index is 4.43. The molecular weight excluding hydrogens is 186 g/mol. The zero-order valence-electron chi connectivity index (χ0n) is 9.74. The first-order valence-corrected chi connectivity index (χ1v) is 5.99. The van der Waals surface area contributed by atoms with Crippen LogP contribution in [0, 0.1) is 5.92 Å². The Labute approximate surface area is 91.9 Å². The molecule has 0 spiro atoms. The Morgan fingerprint density at radius 1 is 1.47 bits per heavy atom. The molecule has 0 saturated carbocycles. The number of nitrogens with zero attached hydrogens (tertiary/aromatic N) is 2. The highest BCUT2D eigenvalue weighted by Gasteiger charge is 2.14. The van der Waals surface area contributed by atoms with Crippen molar-refractivity contribution in [2.75, 3.05) is 13.1 Å². The second-order valence-corrected chi connectivity index (χ2v) is 4.84. The molecular formula is C12H21N3. The zero-order chi connectivity index (χ0) is 10.7. The third-order valence-corrected chi connectivity index (χ3v) is 3.22. The van der Waals surface area contributed by atoms with E-state index in [-0.39, 0.29) is 0 Å². The normalized spacial score (nSPS) is 18.6. The van der Waals surface area contributed by atoms with Gasteiger partial charge >= 0.3 is 0 Å². The van der Waals surface area contributed by atoms with Crippen molar-refractivity contribution >= 4 is 0 Å². The number of hydrogen-bond acceptors (Lipinski definition) is 2. The summed E-state index contributed by atoms with van der Waals surface area (Å²) in [5.74, 6) is 1.40. The Morgan fingerprint density at radius 2 is 2.20 bits per heavy atom. The molecule has 0 bridgehead atoms. The van der Waals surface area contributed by atoms with Crippen molar-refractivity contribution in [2.24, 2.45) is 5.92 Å². The van der Waals surface area contributed by atoms with Gasteiger partial charge in [-0.15, -0.1) is 0 Å². The molecule has 84 valence electrons. The summed E-state index contributed by atoms with van der Waals surface area (Å²) >= 11 is 0. The van der Waals surface area contributed by atoms with Gasteiger partial charge < -0.3 is 5.32 Å². The first-order chi connectivity index (χ1) is 7.25. The number of rotatable bonds is 3. The molecule has 0 atom stereocenters. The largest absolute Gasteiger partial charge is 0.317 e. The summed E-state index contributed by atoms with van der Waals surface area (Å²) in [5.41, 5.74) is 1.35. The van der Waals surface area contributed by atoms with Crippen LogP contribution in [0.1, 0.15) is 38.2 Å². The lowest BCUT2D eigenvalue weighted by atomic mass is 9.98. The van der Waals surface area contributed by atoms with Gasteiger partial charge in [-0.25, -0.2) is 0 Å². The second-order valence-electron chi connectivity index (χ2n) is 4.84. The molecule has 1 N–H and O–H groups in total. The van der Waals surface area contributed by atoms with Crippen molar-refractivity contribution in [3.8, 4) is 0 Å². The first-order valence-electron chi connectivity index (χ1n) is 5.99. The van der Waals surface area contributed by atoms with E-state index in [9.17, 15) is 0 Å². The fourth-order valence-corrected chi connectivity index (χ4v) is 2.11. The van der Waals surface area contributed by atoms with Crippen LogP contribution in [0.15, 0.2) is 12.4 Å². The van der Waals surface area contributed by atoms with Crippen molar-refractivity contribution in [3.63, 3.8) is 0 Å². The third kappa shape index (κ3) is 2.81. The molecule has 1 aromatic heterocycles. The molecule has 3 heteroatoms. The predicted molar refractivity (Wildman–Crippen MR) is 61.9 cm³/mol. The molecule has 1 aliphatic heterocycles. The van der Waals surface area contributed by atoms with E-state index < -0.39 is 0 Å². The molecule has 0 aromatic carbocycles. The van der Waals surface area contributed by atoms with E-state index >= 15 is 0 Å². The Hall–Kier alpha value is -0.830. The van der Waals surface area contributed by atoms with E-state index in [4.69, 9.17) is 0 Å². The lowest BCUT2D eigenvalue weighted by Gasteiger charge is -2.22. The van der Waals surface area contributed by atoms with Crippen LogP contribution in [0.25, 0.3) is 0 Å². The van der Waals surface area contributed by atoms with Gasteiger partial charge in [0.2, 0.25) is 0 Å². The minimum Gasteiger partial charge on any atom is -0.317 e. The van der Waals surface area contributed by atoms with Gasteiger partial charge in [-0.1, -0.05) is 13.8 Å². The number of hydrogen-bond donors (Lipinski definition) is 1. The summed E-state index contributed by atoms with van der Waals surface area (Å²) in [7, 11) is 0. The van der Waals surface area contributed by atoms with Crippen LogP contribution in [-0.4, -0.2) is 22.9 Å². The average Bonchev–Trinajstić information content (AvgIpc) is 2.68. The standard InChI is InChI=1S/C12H21N3/c1-10(2)12-7-14-15(9-12)8-11-3-5-13-6-4-11/h7,9-11,13H,3-6,8H2,1-2H3. The van der Waals surface area contributed by atoms with E-state index in [1.807, 2.05) is 6.20 Å². The summed E-state index contributed by atoms with van der Waals surface area (Å²) in [6, 6.07) is 0. The Balaban J connectivity index is 1.91. The monoisotopic (exact) mass is 207 g/mol. The quantitative estimate of drug-likeness (QED) is 0.821. The average molecular weight is 207 g/mol. The van der Waals surface area contributed by atoms with Crippen LogP contribution in [0.2, 0.25) is 0 Å². The van der Waals surface area contributed by atoms with Crippen molar-refractivity contribution in [3.05, 3.63) is 18.0 Å². The summed E-state index contributed by atoms with van der Waals surface area (Å²) in [6.45, 7) is 7.86. The summed E-state index contributed by atoms with van der Waals surface area (Å²) in [4.78, 5) is 0. The van der Waals surface area contributed by atoms with Crippen LogP contribution in [-0.2, 0) is 6.54 Å². The highest BCUT2D eigenvalue weighted by atomic mass is 15.3. The third-order valence-electron chi connectivity index (χ3n) is 3.22. The lowest BCUT2D eigenvalue weighted by molar-refractivity contribution is 0.321. The number of piperidine rings is 1. The molecule has 15 heavy (non-hydrogen) atoms. The van der Waals surface area contributed by atoms with Crippen LogP contribution < -0.4 is 5.32 Å².